The molecular weight excluding hydrogens is 327 g/mol. The molecule has 23 heavy (non-hydrogen) atoms. The van der Waals surface area contributed by atoms with E-state index >= 15 is 0 Å². The van der Waals surface area contributed by atoms with Gasteiger partial charge in [0.2, 0.25) is 0 Å². The number of hydrogen-bond acceptors (Lipinski definition) is 3. The third-order valence-corrected chi connectivity index (χ3v) is 6.11. The van der Waals surface area contributed by atoms with E-state index in [4.69, 9.17) is 0 Å². The number of likely N-dealkylation sites (tertiary alicyclic amines) is 1. The third-order valence-electron chi connectivity index (χ3n) is 4.29. The van der Waals surface area contributed by atoms with Crippen LogP contribution in [0.4, 0.5) is 13.2 Å². The molecule has 1 heterocycles. The van der Waals surface area contributed by atoms with Crippen LogP contribution in [0.25, 0.3) is 0 Å². The van der Waals surface area contributed by atoms with Crippen molar-refractivity contribution in [1.29, 1.82) is 0 Å². The maximum absolute atomic E-state index is 12.6. The number of halogens is 3. The van der Waals surface area contributed by atoms with Crippen LogP contribution >= 0.6 is 0 Å². The van der Waals surface area contributed by atoms with E-state index < -0.39 is 21.9 Å². The second-order valence-corrected chi connectivity index (χ2v) is 8.11. The highest BCUT2D eigenvalue weighted by atomic mass is 32.2. The van der Waals surface area contributed by atoms with E-state index in [1.165, 1.54) is 0 Å². The minimum Gasteiger partial charge on any atom is -0.303 e. The molecule has 7 heteroatoms. The molecule has 3 nitrogen and oxygen atoms in total. The van der Waals surface area contributed by atoms with Gasteiger partial charge < -0.3 is 4.90 Å². The van der Waals surface area contributed by atoms with Gasteiger partial charge in [-0.25, -0.2) is 8.42 Å². The zero-order valence-corrected chi connectivity index (χ0v) is 13.7. The monoisotopic (exact) mass is 349 g/mol. The SMILES string of the molecule is O=S(=O)(CCCCN1CCC(C(F)(F)F)CC1)c1ccccc1. The van der Waals surface area contributed by atoms with Crippen molar-refractivity contribution in [2.45, 2.75) is 36.8 Å². The highest BCUT2D eigenvalue weighted by Gasteiger charge is 2.40. The Hall–Kier alpha value is -1.08. The first-order valence-electron chi connectivity index (χ1n) is 7.86. The standard InChI is InChI=1S/C16H22F3NO2S/c17-16(18,19)14-8-11-20(12-9-14)10-4-5-13-23(21,22)15-6-2-1-3-7-15/h1-3,6-7,14H,4-5,8-13H2. The van der Waals surface area contributed by atoms with E-state index in [0.29, 0.717) is 37.4 Å². The van der Waals surface area contributed by atoms with Gasteiger partial charge in [-0.1, -0.05) is 18.2 Å². The normalized spacial score (nSPS) is 18.2. The minimum absolute atomic E-state index is 0.0794. The van der Waals surface area contributed by atoms with Crippen molar-refractivity contribution in [3.8, 4) is 0 Å². The average Bonchev–Trinajstić information content (AvgIpc) is 2.52. The summed E-state index contributed by atoms with van der Waals surface area (Å²) in [5, 5.41) is 0. The fourth-order valence-corrected chi connectivity index (χ4v) is 4.25. The quantitative estimate of drug-likeness (QED) is 0.738. The van der Waals surface area contributed by atoms with Crippen molar-refractivity contribution in [3.05, 3.63) is 30.3 Å². The molecule has 0 saturated carbocycles. The van der Waals surface area contributed by atoms with Crippen molar-refractivity contribution in [2.75, 3.05) is 25.4 Å². The van der Waals surface area contributed by atoms with Gasteiger partial charge in [0, 0.05) is 0 Å². The van der Waals surface area contributed by atoms with Crippen molar-refractivity contribution >= 4 is 9.84 Å². The van der Waals surface area contributed by atoms with Crippen LogP contribution in [0.1, 0.15) is 25.7 Å². The van der Waals surface area contributed by atoms with E-state index in [-0.39, 0.29) is 18.6 Å². The summed E-state index contributed by atoms with van der Waals surface area (Å²) in [4.78, 5) is 2.32. The number of rotatable bonds is 6. The molecule has 0 amide bonds. The van der Waals surface area contributed by atoms with Gasteiger partial charge >= 0.3 is 6.18 Å². The Morgan fingerprint density at radius 1 is 1.04 bits per heavy atom. The van der Waals surface area contributed by atoms with E-state index in [9.17, 15) is 21.6 Å². The lowest BCUT2D eigenvalue weighted by molar-refractivity contribution is -0.185. The Morgan fingerprint density at radius 3 is 2.22 bits per heavy atom. The molecule has 1 aliphatic heterocycles. The summed E-state index contributed by atoms with van der Waals surface area (Å²) in [5.74, 6) is -1.10. The van der Waals surface area contributed by atoms with Gasteiger partial charge in [0.25, 0.3) is 0 Å². The van der Waals surface area contributed by atoms with Crippen LogP contribution in [-0.2, 0) is 9.84 Å². The molecule has 0 unspecified atom stereocenters. The maximum atomic E-state index is 12.6. The number of nitrogens with zero attached hydrogens (tertiary/aromatic N) is 1. The average molecular weight is 349 g/mol. The fraction of sp³-hybridized carbons (Fsp3) is 0.625. The first-order valence-corrected chi connectivity index (χ1v) is 9.51. The zero-order valence-electron chi connectivity index (χ0n) is 12.9. The molecule has 0 aliphatic carbocycles. The summed E-state index contributed by atoms with van der Waals surface area (Å²) in [7, 11) is -3.26. The van der Waals surface area contributed by atoms with Gasteiger partial charge in [0.1, 0.15) is 0 Å². The summed E-state index contributed by atoms with van der Waals surface area (Å²) in [6.45, 7) is 1.54. The summed E-state index contributed by atoms with van der Waals surface area (Å²) >= 11 is 0. The topological polar surface area (TPSA) is 37.4 Å². The lowest BCUT2D eigenvalue weighted by atomic mass is 9.96. The summed E-state index contributed by atoms with van der Waals surface area (Å²) in [5.41, 5.74) is 0. The molecule has 0 aromatic heterocycles. The Morgan fingerprint density at radius 2 is 1.65 bits per heavy atom. The minimum atomic E-state index is -4.09. The van der Waals surface area contributed by atoms with Crippen LogP contribution in [0, 0.1) is 5.92 Å². The summed E-state index contributed by atoms with van der Waals surface area (Å²) in [6.07, 6.45) is -2.59. The van der Waals surface area contributed by atoms with E-state index in [2.05, 4.69) is 0 Å². The maximum Gasteiger partial charge on any atom is 0.391 e. The fourth-order valence-electron chi connectivity index (χ4n) is 2.86. The Bertz CT molecular complexity index is 579. The number of sulfone groups is 1. The molecule has 1 aliphatic rings. The molecule has 0 atom stereocenters. The molecule has 0 N–H and O–H groups in total. The number of alkyl halides is 3. The molecular formula is C16H22F3NO2S. The Balaban J connectivity index is 1.69. The van der Waals surface area contributed by atoms with Crippen LogP contribution in [0.15, 0.2) is 35.2 Å². The lowest BCUT2D eigenvalue weighted by Crippen LogP contribution is -2.39. The molecule has 1 saturated heterocycles. The number of benzene rings is 1. The van der Waals surface area contributed by atoms with Gasteiger partial charge in [0.05, 0.1) is 16.6 Å². The molecule has 1 aromatic carbocycles. The summed E-state index contributed by atoms with van der Waals surface area (Å²) < 4.78 is 61.9. The number of piperidine rings is 1. The molecule has 0 bridgehead atoms. The predicted molar refractivity (Wildman–Crippen MR) is 82.9 cm³/mol. The van der Waals surface area contributed by atoms with Crippen LogP contribution in [-0.4, -0.2) is 44.9 Å². The predicted octanol–water partition coefficient (Wildman–Crippen LogP) is 3.51. The molecule has 0 radical (unpaired) electrons. The highest BCUT2D eigenvalue weighted by molar-refractivity contribution is 7.91. The second kappa shape index (κ2) is 7.66. The number of unbranched alkanes of at least 4 members (excludes halogenated alkanes) is 1. The molecule has 130 valence electrons. The molecule has 1 fully saturated rings. The molecule has 0 spiro atoms. The second-order valence-electron chi connectivity index (χ2n) is 6.00. The van der Waals surface area contributed by atoms with E-state index in [0.717, 1.165) is 0 Å². The van der Waals surface area contributed by atoms with Gasteiger partial charge in [0.15, 0.2) is 9.84 Å². The van der Waals surface area contributed by atoms with E-state index in [1.54, 1.807) is 30.3 Å². The van der Waals surface area contributed by atoms with Crippen molar-refractivity contribution in [3.63, 3.8) is 0 Å². The van der Waals surface area contributed by atoms with Crippen LogP contribution in [0.3, 0.4) is 0 Å². The van der Waals surface area contributed by atoms with Crippen LogP contribution in [0.2, 0.25) is 0 Å². The van der Waals surface area contributed by atoms with Crippen molar-refractivity contribution in [1.82, 2.24) is 4.90 Å². The molecule has 1 aromatic rings. The third kappa shape index (κ3) is 5.49. The van der Waals surface area contributed by atoms with Crippen LogP contribution < -0.4 is 0 Å². The number of hydrogen-bond donors (Lipinski definition) is 0. The molecule has 2 rings (SSSR count). The van der Waals surface area contributed by atoms with Crippen molar-refractivity contribution in [2.24, 2.45) is 5.92 Å². The first kappa shape index (κ1) is 18.3. The summed E-state index contributed by atoms with van der Waals surface area (Å²) in [6, 6.07) is 8.31. The largest absolute Gasteiger partial charge is 0.391 e. The van der Waals surface area contributed by atoms with E-state index in [1.807, 2.05) is 4.90 Å². The van der Waals surface area contributed by atoms with Crippen molar-refractivity contribution < 1.29 is 21.6 Å². The lowest BCUT2D eigenvalue weighted by Gasteiger charge is -2.32. The van der Waals surface area contributed by atoms with Gasteiger partial charge in [-0.3, -0.25) is 0 Å². The Kier molecular flexibility index (Phi) is 6.08. The zero-order chi connectivity index (χ0) is 16.9. The van der Waals surface area contributed by atoms with Crippen LogP contribution in [0.5, 0.6) is 0 Å². The first-order chi connectivity index (χ1) is 10.8. The smallest absolute Gasteiger partial charge is 0.303 e. The van der Waals surface area contributed by atoms with Gasteiger partial charge in [-0.2, -0.15) is 13.2 Å². The highest BCUT2D eigenvalue weighted by Crippen LogP contribution is 2.34. The van der Waals surface area contributed by atoms with Gasteiger partial charge in [-0.05, 0) is 57.5 Å². The Labute approximate surface area is 135 Å². The van der Waals surface area contributed by atoms with Gasteiger partial charge in [-0.15, -0.1) is 0 Å².